The summed E-state index contributed by atoms with van der Waals surface area (Å²) in [4.78, 5) is 6.88. The van der Waals surface area contributed by atoms with E-state index >= 15 is 0 Å². The molecule has 2 fully saturated rings. The molecule has 2 atom stereocenters. The number of hydrogen-bond donors (Lipinski definition) is 1. The standard InChI is InChI=1S/C11H19N5/c1-15-11(13-8-14-15)7-16-4-2-3-9-5-12-6-10(9)16/h8-10,12H,2-7H2,1H3. The maximum Gasteiger partial charge on any atom is 0.140 e. The molecule has 1 aromatic rings. The lowest BCUT2D eigenvalue weighted by molar-refractivity contribution is 0.113. The van der Waals surface area contributed by atoms with Crippen LogP contribution in [0.2, 0.25) is 0 Å². The predicted octanol–water partition coefficient (Wildman–Crippen LogP) is -0.00110. The van der Waals surface area contributed by atoms with Crippen LogP contribution in [0.1, 0.15) is 18.7 Å². The van der Waals surface area contributed by atoms with Crippen LogP contribution in [-0.2, 0) is 13.6 Å². The number of likely N-dealkylation sites (tertiary alicyclic amines) is 1. The topological polar surface area (TPSA) is 46.0 Å². The molecule has 0 aliphatic carbocycles. The van der Waals surface area contributed by atoms with E-state index in [-0.39, 0.29) is 0 Å². The molecule has 2 aliphatic heterocycles. The first-order chi connectivity index (χ1) is 7.84. The van der Waals surface area contributed by atoms with E-state index in [2.05, 4.69) is 20.3 Å². The number of nitrogens with one attached hydrogen (secondary N) is 1. The maximum absolute atomic E-state index is 4.31. The highest BCUT2D eigenvalue weighted by atomic mass is 15.3. The second-order valence-electron chi connectivity index (χ2n) is 4.90. The summed E-state index contributed by atoms with van der Waals surface area (Å²) in [5.41, 5.74) is 0. The number of hydrogen-bond acceptors (Lipinski definition) is 4. The van der Waals surface area contributed by atoms with E-state index < -0.39 is 0 Å². The summed E-state index contributed by atoms with van der Waals surface area (Å²) in [7, 11) is 1.97. The summed E-state index contributed by atoms with van der Waals surface area (Å²) < 4.78 is 1.88. The van der Waals surface area contributed by atoms with E-state index in [9.17, 15) is 0 Å². The van der Waals surface area contributed by atoms with Gasteiger partial charge in [0.25, 0.3) is 0 Å². The second-order valence-corrected chi connectivity index (χ2v) is 4.90. The lowest BCUT2D eigenvalue weighted by Crippen LogP contribution is -2.44. The Bertz CT molecular complexity index is 361. The van der Waals surface area contributed by atoms with Crippen LogP contribution in [0.25, 0.3) is 0 Å². The van der Waals surface area contributed by atoms with Crippen LogP contribution in [0.15, 0.2) is 6.33 Å². The molecule has 3 rings (SSSR count). The van der Waals surface area contributed by atoms with Gasteiger partial charge in [-0.2, -0.15) is 5.10 Å². The molecule has 2 unspecified atom stereocenters. The summed E-state index contributed by atoms with van der Waals surface area (Å²) in [6, 6.07) is 0.713. The quantitative estimate of drug-likeness (QED) is 0.763. The van der Waals surface area contributed by atoms with Crippen molar-refractivity contribution in [3.8, 4) is 0 Å². The van der Waals surface area contributed by atoms with Gasteiger partial charge in [-0.1, -0.05) is 0 Å². The molecular formula is C11H19N5. The second kappa shape index (κ2) is 4.14. The van der Waals surface area contributed by atoms with Crippen LogP contribution in [0.4, 0.5) is 0 Å². The molecule has 5 nitrogen and oxygen atoms in total. The molecule has 0 saturated carbocycles. The van der Waals surface area contributed by atoms with Gasteiger partial charge in [-0.25, -0.2) is 4.98 Å². The molecule has 0 amide bonds. The molecular weight excluding hydrogens is 202 g/mol. The molecule has 1 N–H and O–H groups in total. The average molecular weight is 221 g/mol. The van der Waals surface area contributed by atoms with Gasteiger partial charge in [-0.3, -0.25) is 9.58 Å². The van der Waals surface area contributed by atoms with E-state index in [4.69, 9.17) is 0 Å². The lowest BCUT2D eigenvalue weighted by Gasteiger charge is -2.36. The lowest BCUT2D eigenvalue weighted by atomic mass is 9.92. The fourth-order valence-corrected chi connectivity index (χ4v) is 3.00. The molecule has 3 heterocycles. The van der Waals surface area contributed by atoms with Gasteiger partial charge in [0.15, 0.2) is 0 Å². The van der Waals surface area contributed by atoms with Gasteiger partial charge in [0.05, 0.1) is 6.54 Å². The zero-order chi connectivity index (χ0) is 11.0. The Hall–Kier alpha value is -0.940. The molecule has 0 bridgehead atoms. The van der Waals surface area contributed by atoms with Crippen molar-refractivity contribution in [2.24, 2.45) is 13.0 Å². The van der Waals surface area contributed by atoms with Crippen molar-refractivity contribution in [3.05, 3.63) is 12.2 Å². The predicted molar refractivity (Wildman–Crippen MR) is 60.8 cm³/mol. The molecule has 2 aliphatic rings. The van der Waals surface area contributed by atoms with Gasteiger partial charge >= 0.3 is 0 Å². The van der Waals surface area contributed by atoms with Gasteiger partial charge in [-0.05, 0) is 31.8 Å². The number of piperidine rings is 1. The van der Waals surface area contributed by atoms with Gasteiger partial charge in [0, 0.05) is 19.6 Å². The smallest absolute Gasteiger partial charge is 0.140 e. The third-order valence-corrected chi connectivity index (χ3v) is 3.94. The zero-order valence-corrected chi connectivity index (χ0v) is 9.76. The highest BCUT2D eigenvalue weighted by molar-refractivity contribution is 4.94. The summed E-state index contributed by atoms with van der Waals surface area (Å²) in [5, 5.41) is 7.63. The van der Waals surface area contributed by atoms with Gasteiger partial charge in [-0.15, -0.1) is 0 Å². The third kappa shape index (κ3) is 1.74. The molecule has 0 radical (unpaired) electrons. The molecule has 88 valence electrons. The molecule has 0 aromatic carbocycles. The average Bonchev–Trinajstić information content (AvgIpc) is 2.89. The van der Waals surface area contributed by atoms with Gasteiger partial charge in [0.1, 0.15) is 12.2 Å². The van der Waals surface area contributed by atoms with E-state index in [0.29, 0.717) is 6.04 Å². The first-order valence-corrected chi connectivity index (χ1v) is 6.12. The highest BCUT2D eigenvalue weighted by Crippen LogP contribution is 2.27. The summed E-state index contributed by atoms with van der Waals surface area (Å²) >= 11 is 0. The molecule has 1 aromatic heterocycles. The van der Waals surface area contributed by atoms with Gasteiger partial charge in [0.2, 0.25) is 0 Å². The Labute approximate surface area is 95.8 Å². The molecule has 16 heavy (non-hydrogen) atoms. The van der Waals surface area contributed by atoms with Crippen molar-refractivity contribution in [3.63, 3.8) is 0 Å². The largest absolute Gasteiger partial charge is 0.315 e. The number of rotatable bonds is 2. The minimum absolute atomic E-state index is 0.713. The molecule has 5 heteroatoms. The van der Waals surface area contributed by atoms with E-state index in [1.807, 2.05) is 11.7 Å². The third-order valence-electron chi connectivity index (χ3n) is 3.94. The fraction of sp³-hybridized carbons (Fsp3) is 0.818. The molecule has 0 spiro atoms. The Morgan fingerprint density at radius 1 is 1.50 bits per heavy atom. The van der Waals surface area contributed by atoms with Crippen molar-refractivity contribution < 1.29 is 0 Å². The number of aryl methyl sites for hydroxylation is 1. The summed E-state index contributed by atoms with van der Waals surface area (Å²) in [6.45, 7) is 4.48. The van der Waals surface area contributed by atoms with Crippen molar-refractivity contribution in [2.75, 3.05) is 19.6 Å². The number of aromatic nitrogens is 3. The van der Waals surface area contributed by atoms with Gasteiger partial charge < -0.3 is 5.32 Å². The van der Waals surface area contributed by atoms with Crippen molar-refractivity contribution in [1.29, 1.82) is 0 Å². The monoisotopic (exact) mass is 221 g/mol. The summed E-state index contributed by atoms with van der Waals surface area (Å²) in [6.07, 6.45) is 4.34. The Morgan fingerprint density at radius 2 is 2.44 bits per heavy atom. The van der Waals surface area contributed by atoms with Crippen molar-refractivity contribution in [1.82, 2.24) is 25.0 Å². The van der Waals surface area contributed by atoms with Crippen LogP contribution >= 0.6 is 0 Å². The van der Waals surface area contributed by atoms with Crippen LogP contribution in [0.5, 0.6) is 0 Å². The van der Waals surface area contributed by atoms with E-state index in [0.717, 1.165) is 24.8 Å². The first kappa shape index (κ1) is 10.2. The number of nitrogens with zero attached hydrogens (tertiary/aromatic N) is 4. The highest BCUT2D eigenvalue weighted by Gasteiger charge is 2.35. The fourth-order valence-electron chi connectivity index (χ4n) is 3.00. The van der Waals surface area contributed by atoms with E-state index in [1.165, 1.54) is 25.9 Å². The van der Waals surface area contributed by atoms with E-state index in [1.54, 1.807) is 6.33 Å². The maximum atomic E-state index is 4.31. The minimum Gasteiger partial charge on any atom is -0.315 e. The Kier molecular flexibility index (Phi) is 2.65. The van der Waals surface area contributed by atoms with Crippen LogP contribution < -0.4 is 5.32 Å². The minimum atomic E-state index is 0.713. The van der Waals surface area contributed by atoms with Crippen LogP contribution in [0, 0.1) is 5.92 Å². The number of fused-ring (bicyclic) bond motifs is 1. The normalized spacial score (nSPS) is 30.6. The van der Waals surface area contributed by atoms with Crippen molar-refractivity contribution >= 4 is 0 Å². The zero-order valence-electron chi connectivity index (χ0n) is 9.76. The summed E-state index contributed by atoms with van der Waals surface area (Å²) in [5.74, 6) is 1.93. The SMILES string of the molecule is Cn1ncnc1CN1CCCC2CNCC21. The Morgan fingerprint density at radius 3 is 3.25 bits per heavy atom. The van der Waals surface area contributed by atoms with Crippen LogP contribution in [-0.4, -0.2) is 45.3 Å². The Balaban J connectivity index is 1.72. The first-order valence-electron chi connectivity index (χ1n) is 6.12. The van der Waals surface area contributed by atoms with Crippen LogP contribution in [0.3, 0.4) is 0 Å². The van der Waals surface area contributed by atoms with Crippen molar-refractivity contribution in [2.45, 2.75) is 25.4 Å². The molecule has 2 saturated heterocycles.